The van der Waals surface area contributed by atoms with Crippen LogP contribution in [0, 0.1) is 6.92 Å². The van der Waals surface area contributed by atoms with E-state index >= 15 is 0 Å². The third-order valence-electron chi connectivity index (χ3n) is 3.07. The van der Waals surface area contributed by atoms with E-state index in [0.717, 1.165) is 17.1 Å². The average Bonchev–Trinajstić information content (AvgIpc) is 2.83. The number of nitrogens with one attached hydrogen (secondary N) is 1. The first-order valence-corrected chi connectivity index (χ1v) is 7.16. The number of furan rings is 1. The summed E-state index contributed by atoms with van der Waals surface area (Å²) in [5, 5.41) is 3.53. The van der Waals surface area contributed by atoms with Crippen molar-refractivity contribution in [2.45, 2.75) is 20.0 Å². The van der Waals surface area contributed by atoms with Crippen LogP contribution in [0.5, 0.6) is 0 Å². The molecule has 0 aliphatic rings. The van der Waals surface area contributed by atoms with Gasteiger partial charge < -0.3 is 9.73 Å². The summed E-state index contributed by atoms with van der Waals surface area (Å²) in [6, 6.07) is 11.3. The van der Waals surface area contributed by atoms with Crippen LogP contribution < -0.4 is 5.32 Å². The number of halogens is 1. The molecule has 0 aliphatic heterocycles. The van der Waals surface area contributed by atoms with Crippen LogP contribution in [0.25, 0.3) is 0 Å². The van der Waals surface area contributed by atoms with Gasteiger partial charge in [-0.05, 0) is 37.7 Å². The molecule has 0 radical (unpaired) electrons. The van der Waals surface area contributed by atoms with Crippen LogP contribution in [0.2, 0.25) is 5.02 Å². The van der Waals surface area contributed by atoms with Crippen LogP contribution in [-0.2, 0) is 17.9 Å². The maximum Gasteiger partial charge on any atom is 0.234 e. The van der Waals surface area contributed by atoms with Crippen molar-refractivity contribution in [3.8, 4) is 0 Å². The molecule has 0 saturated carbocycles. The molecule has 0 spiro atoms. The number of carbonyl (C=O) groups is 1. The number of nitrogens with zero attached hydrogens (tertiary/aromatic N) is 1. The van der Waals surface area contributed by atoms with Crippen LogP contribution in [-0.4, -0.2) is 24.4 Å². The van der Waals surface area contributed by atoms with Gasteiger partial charge in [0.25, 0.3) is 0 Å². The molecule has 1 N–H and O–H groups in total. The summed E-state index contributed by atoms with van der Waals surface area (Å²) < 4.78 is 5.49. The molecule has 0 bridgehead atoms. The van der Waals surface area contributed by atoms with Crippen LogP contribution in [0.1, 0.15) is 17.1 Å². The number of rotatable bonds is 6. The zero-order chi connectivity index (χ0) is 15.2. The van der Waals surface area contributed by atoms with Gasteiger partial charge in [0.05, 0.1) is 13.1 Å². The smallest absolute Gasteiger partial charge is 0.234 e. The van der Waals surface area contributed by atoms with E-state index < -0.39 is 0 Å². The van der Waals surface area contributed by atoms with Gasteiger partial charge in [0.1, 0.15) is 11.5 Å². The predicted molar refractivity (Wildman–Crippen MR) is 83.1 cm³/mol. The van der Waals surface area contributed by atoms with Crippen molar-refractivity contribution >= 4 is 17.5 Å². The van der Waals surface area contributed by atoms with Crippen molar-refractivity contribution in [3.05, 3.63) is 58.5 Å². The fourth-order valence-corrected chi connectivity index (χ4v) is 2.23. The third-order valence-corrected chi connectivity index (χ3v) is 3.44. The molecule has 0 saturated heterocycles. The van der Waals surface area contributed by atoms with Gasteiger partial charge in [-0.15, -0.1) is 0 Å². The van der Waals surface area contributed by atoms with Gasteiger partial charge in [0.2, 0.25) is 5.91 Å². The van der Waals surface area contributed by atoms with Crippen LogP contribution in [0.4, 0.5) is 0 Å². The molecule has 21 heavy (non-hydrogen) atoms. The molecule has 5 heteroatoms. The molecular formula is C16H19ClN2O2. The lowest BCUT2D eigenvalue weighted by atomic mass is 10.2. The van der Waals surface area contributed by atoms with E-state index in [1.165, 1.54) is 0 Å². The van der Waals surface area contributed by atoms with E-state index in [1.807, 2.05) is 55.3 Å². The Hall–Kier alpha value is -1.78. The number of amides is 1. The minimum Gasteiger partial charge on any atom is -0.465 e. The summed E-state index contributed by atoms with van der Waals surface area (Å²) in [5.74, 6) is 1.69. The van der Waals surface area contributed by atoms with Crippen LogP contribution in [0.3, 0.4) is 0 Å². The Bertz CT molecular complexity index is 610. The van der Waals surface area contributed by atoms with Gasteiger partial charge in [-0.1, -0.05) is 29.8 Å². The number of hydrogen-bond acceptors (Lipinski definition) is 3. The molecule has 0 aliphatic carbocycles. The van der Waals surface area contributed by atoms with Crippen molar-refractivity contribution in [3.63, 3.8) is 0 Å². The van der Waals surface area contributed by atoms with Gasteiger partial charge in [0, 0.05) is 11.6 Å². The summed E-state index contributed by atoms with van der Waals surface area (Å²) in [7, 11) is 1.88. The van der Waals surface area contributed by atoms with Gasteiger partial charge in [0.15, 0.2) is 0 Å². The van der Waals surface area contributed by atoms with Gasteiger partial charge in [-0.25, -0.2) is 0 Å². The van der Waals surface area contributed by atoms with Crippen LogP contribution in [0.15, 0.2) is 40.8 Å². The third kappa shape index (κ3) is 4.92. The van der Waals surface area contributed by atoms with Gasteiger partial charge >= 0.3 is 0 Å². The fraction of sp³-hybridized carbons (Fsp3) is 0.312. The second-order valence-electron chi connectivity index (χ2n) is 5.05. The maximum atomic E-state index is 11.9. The molecule has 112 valence electrons. The fourth-order valence-electron chi connectivity index (χ4n) is 2.03. The van der Waals surface area contributed by atoms with Crippen molar-refractivity contribution in [2.24, 2.45) is 0 Å². The molecule has 2 aromatic rings. The summed E-state index contributed by atoms with van der Waals surface area (Å²) in [6.07, 6.45) is 0. The van der Waals surface area contributed by atoms with Crippen LogP contribution >= 0.6 is 11.6 Å². The largest absolute Gasteiger partial charge is 0.465 e. The molecule has 0 atom stereocenters. The second-order valence-corrected chi connectivity index (χ2v) is 5.46. The Labute approximate surface area is 129 Å². The van der Waals surface area contributed by atoms with Crippen molar-refractivity contribution < 1.29 is 9.21 Å². The number of hydrogen-bond donors (Lipinski definition) is 1. The molecule has 2 rings (SSSR count). The minimum atomic E-state index is -0.0410. The van der Waals surface area contributed by atoms with Gasteiger partial charge in [-0.3, -0.25) is 9.69 Å². The van der Waals surface area contributed by atoms with E-state index in [9.17, 15) is 4.79 Å². The number of likely N-dealkylation sites (N-methyl/N-ethyl adjacent to an activating group) is 1. The topological polar surface area (TPSA) is 45.5 Å². The molecule has 1 aromatic carbocycles. The zero-order valence-corrected chi connectivity index (χ0v) is 13.0. The Kier molecular flexibility index (Phi) is 5.42. The summed E-state index contributed by atoms with van der Waals surface area (Å²) in [6.45, 7) is 3.25. The van der Waals surface area contributed by atoms with E-state index in [4.69, 9.17) is 16.0 Å². The van der Waals surface area contributed by atoms with Crippen molar-refractivity contribution in [1.82, 2.24) is 10.2 Å². The highest BCUT2D eigenvalue weighted by Gasteiger charge is 2.09. The highest BCUT2D eigenvalue weighted by Crippen LogP contribution is 2.14. The Morgan fingerprint density at radius 2 is 2.05 bits per heavy atom. The van der Waals surface area contributed by atoms with Crippen molar-refractivity contribution in [1.29, 1.82) is 0 Å². The van der Waals surface area contributed by atoms with E-state index in [2.05, 4.69) is 5.32 Å². The monoisotopic (exact) mass is 306 g/mol. The zero-order valence-electron chi connectivity index (χ0n) is 12.2. The normalized spacial score (nSPS) is 10.9. The molecule has 1 aromatic heterocycles. The molecule has 1 amide bonds. The molecule has 0 fully saturated rings. The lowest BCUT2D eigenvalue weighted by Crippen LogP contribution is -2.34. The Balaban J connectivity index is 1.77. The van der Waals surface area contributed by atoms with Crippen molar-refractivity contribution in [2.75, 3.05) is 13.6 Å². The van der Waals surface area contributed by atoms with E-state index in [1.54, 1.807) is 0 Å². The lowest BCUT2D eigenvalue weighted by Gasteiger charge is -2.15. The first-order chi connectivity index (χ1) is 10.0. The average molecular weight is 307 g/mol. The minimum absolute atomic E-state index is 0.0410. The molecule has 0 unspecified atom stereocenters. The number of aryl methyl sites for hydroxylation is 1. The molecular weight excluding hydrogens is 288 g/mol. The lowest BCUT2D eigenvalue weighted by molar-refractivity contribution is -0.122. The SMILES string of the molecule is Cc1ccc(CN(C)CC(=O)NCc2ccccc2Cl)o1. The maximum absolute atomic E-state index is 11.9. The quantitative estimate of drug-likeness (QED) is 0.892. The Morgan fingerprint density at radius 1 is 1.29 bits per heavy atom. The first-order valence-electron chi connectivity index (χ1n) is 6.78. The number of carbonyl (C=O) groups excluding carboxylic acids is 1. The Morgan fingerprint density at radius 3 is 2.71 bits per heavy atom. The van der Waals surface area contributed by atoms with E-state index in [0.29, 0.717) is 24.7 Å². The number of benzene rings is 1. The standard InChI is InChI=1S/C16H19ClN2O2/c1-12-7-8-14(21-12)10-19(2)11-16(20)18-9-13-5-3-4-6-15(13)17/h3-8H,9-11H2,1-2H3,(H,18,20). The molecule has 1 heterocycles. The highest BCUT2D eigenvalue weighted by molar-refractivity contribution is 6.31. The highest BCUT2D eigenvalue weighted by atomic mass is 35.5. The second kappa shape index (κ2) is 7.29. The van der Waals surface area contributed by atoms with E-state index in [-0.39, 0.29) is 5.91 Å². The summed E-state index contributed by atoms with van der Waals surface area (Å²) >= 11 is 6.05. The van der Waals surface area contributed by atoms with Gasteiger partial charge in [-0.2, -0.15) is 0 Å². The summed E-state index contributed by atoms with van der Waals surface area (Å²) in [5.41, 5.74) is 0.914. The predicted octanol–water partition coefficient (Wildman–Crippen LogP) is 2.99. The first kappa shape index (κ1) is 15.6. The molecule has 4 nitrogen and oxygen atoms in total. The summed E-state index contributed by atoms with van der Waals surface area (Å²) in [4.78, 5) is 13.8.